The first-order valence-corrected chi connectivity index (χ1v) is 10.5. The van der Waals surface area contributed by atoms with E-state index in [1.165, 1.54) is 7.11 Å². The molecule has 1 unspecified atom stereocenters. The average molecular weight is 391 g/mol. The minimum Gasteiger partial charge on any atom is -0.495 e. The highest BCUT2D eigenvalue weighted by atomic mass is 32.2. The fourth-order valence-corrected chi connectivity index (χ4v) is 4.54. The first-order chi connectivity index (χ1) is 13.0. The Bertz CT molecular complexity index is 864. The summed E-state index contributed by atoms with van der Waals surface area (Å²) in [6, 6.07) is 14.8. The van der Waals surface area contributed by atoms with E-state index in [4.69, 9.17) is 9.47 Å². The van der Waals surface area contributed by atoms with Crippen LogP contribution in [0.2, 0.25) is 0 Å². The lowest BCUT2D eigenvalue weighted by Crippen LogP contribution is -2.43. The van der Waals surface area contributed by atoms with Gasteiger partial charge in [0.2, 0.25) is 10.0 Å². The Morgan fingerprint density at radius 2 is 1.89 bits per heavy atom. The van der Waals surface area contributed by atoms with Gasteiger partial charge in [0.05, 0.1) is 20.3 Å². The molecular formula is C20H26N2O4S. The number of nitrogens with one attached hydrogen (secondary N) is 1. The third kappa shape index (κ3) is 4.87. The van der Waals surface area contributed by atoms with E-state index in [0.29, 0.717) is 19.0 Å². The maximum absolute atomic E-state index is 12.9. The van der Waals surface area contributed by atoms with Crippen LogP contribution < -0.4 is 9.46 Å². The molecule has 0 aromatic heterocycles. The highest BCUT2D eigenvalue weighted by Gasteiger charge is 2.26. The number of para-hydroxylation sites is 1. The summed E-state index contributed by atoms with van der Waals surface area (Å²) in [5, 5.41) is 0. The number of ether oxygens (including phenoxy) is 2. The fourth-order valence-electron chi connectivity index (χ4n) is 3.33. The molecule has 0 saturated carbocycles. The Hall–Kier alpha value is -1.93. The summed E-state index contributed by atoms with van der Waals surface area (Å²) in [6.45, 7) is 5.18. The molecule has 1 N–H and O–H groups in total. The van der Waals surface area contributed by atoms with Gasteiger partial charge in [0.1, 0.15) is 10.6 Å². The summed E-state index contributed by atoms with van der Waals surface area (Å²) >= 11 is 0. The SMILES string of the molecule is COc1ccccc1S(=O)(=O)NCC(c1cccc(C)c1)N1CCOCC1. The topological polar surface area (TPSA) is 67.9 Å². The third-order valence-electron chi connectivity index (χ3n) is 4.74. The van der Waals surface area contributed by atoms with Crippen molar-refractivity contribution in [3.8, 4) is 5.75 Å². The Morgan fingerprint density at radius 1 is 1.15 bits per heavy atom. The van der Waals surface area contributed by atoms with Crippen molar-refractivity contribution in [1.82, 2.24) is 9.62 Å². The van der Waals surface area contributed by atoms with E-state index < -0.39 is 10.0 Å². The predicted molar refractivity (Wildman–Crippen MR) is 104 cm³/mol. The summed E-state index contributed by atoms with van der Waals surface area (Å²) in [7, 11) is -2.22. The van der Waals surface area contributed by atoms with Crippen LogP contribution in [0.5, 0.6) is 5.75 Å². The normalized spacial score (nSPS) is 16.8. The van der Waals surface area contributed by atoms with Gasteiger partial charge in [0.15, 0.2) is 0 Å². The van der Waals surface area contributed by atoms with E-state index >= 15 is 0 Å². The van der Waals surface area contributed by atoms with Gasteiger partial charge in [-0.1, -0.05) is 42.0 Å². The quantitative estimate of drug-likeness (QED) is 0.786. The smallest absolute Gasteiger partial charge is 0.244 e. The second kappa shape index (κ2) is 8.84. The van der Waals surface area contributed by atoms with Gasteiger partial charge in [-0.15, -0.1) is 0 Å². The van der Waals surface area contributed by atoms with Crippen molar-refractivity contribution in [3.05, 3.63) is 59.7 Å². The molecule has 0 amide bonds. The standard InChI is InChI=1S/C20H26N2O4S/c1-16-6-5-7-17(14-16)18(22-10-12-26-13-11-22)15-21-27(23,24)20-9-4-3-8-19(20)25-2/h3-9,14,18,21H,10-13,15H2,1-2H3. The monoisotopic (exact) mass is 390 g/mol. The number of hydrogen-bond donors (Lipinski definition) is 1. The van der Waals surface area contributed by atoms with E-state index in [1.807, 2.05) is 25.1 Å². The number of methoxy groups -OCH3 is 1. The lowest BCUT2D eigenvalue weighted by molar-refractivity contribution is 0.0172. The van der Waals surface area contributed by atoms with Crippen LogP contribution in [0, 0.1) is 6.92 Å². The summed E-state index contributed by atoms with van der Waals surface area (Å²) in [5.74, 6) is 0.337. The molecule has 3 rings (SSSR count). The molecule has 1 fully saturated rings. The van der Waals surface area contributed by atoms with Crippen LogP contribution in [0.1, 0.15) is 17.2 Å². The zero-order valence-electron chi connectivity index (χ0n) is 15.7. The van der Waals surface area contributed by atoms with Gasteiger partial charge in [-0.2, -0.15) is 0 Å². The largest absolute Gasteiger partial charge is 0.495 e. The van der Waals surface area contributed by atoms with Crippen molar-refractivity contribution in [3.63, 3.8) is 0 Å². The van der Waals surface area contributed by atoms with Crippen LogP contribution in [0.25, 0.3) is 0 Å². The molecular weight excluding hydrogens is 364 g/mol. The van der Waals surface area contributed by atoms with Crippen LogP contribution in [-0.4, -0.2) is 53.3 Å². The number of benzene rings is 2. The molecule has 1 heterocycles. The zero-order chi connectivity index (χ0) is 19.3. The number of aryl methyl sites for hydroxylation is 1. The molecule has 6 nitrogen and oxygen atoms in total. The number of sulfonamides is 1. The van der Waals surface area contributed by atoms with Crippen molar-refractivity contribution >= 4 is 10.0 Å². The average Bonchev–Trinajstić information content (AvgIpc) is 2.69. The lowest BCUT2D eigenvalue weighted by atomic mass is 10.0. The van der Waals surface area contributed by atoms with Gasteiger partial charge in [0.25, 0.3) is 0 Å². The Balaban J connectivity index is 1.83. The molecule has 0 radical (unpaired) electrons. The Kier molecular flexibility index (Phi) is 6.49. The van der Waals surface area contributed by atoms with Gasteiger partial charge in [0, 0.05) is 25.7 Å². The van der Waals surface area contributed by atoms with E-state index in [9.17, 15) is 8.42 Å². The Labute approximate surface area is 161 Å². The second-order valence-corrected chi connectivity index (χ2v) is 8.32. The van der Waals surface area contributed by atoms with Crippen LogP contribution in [0.4, 0.5) is 0 Å². The molecule has 7 heteroatoms. The molecule has 0 bridgehead atoms. The van der Waals surface area contributed by atoms with Crippen LogP contribution in [-0.2, 0) is 14.8 Å². The minimum absolute atomic E-state index is 0.0571. The number of hydrogen-bond acceptors (Lipinski definition) is 5. The van der Waals surface area contributed by atoms with Gasteiger partial charge in [-0.3, -0.25) is 4.90 Å². The summed E-state index contributed by atoms with van der Waals surface area (Å²) in [4.78, 5) is 2.42. The van der Waals surface area contributed by atoms with Gasteiger partial charge < -0.3 is 9.47 Å². The van der Waals surface area contributed by atoms with Gasteiger partial charge in [-0.05, 0) is 24.6 Å². The first kappa shape index (κ1) is 19.8. The predicted octanol–water partition coefficient (Wildman–Crippen LogP) is 2.36. The third-order valence-corrected chi connectivity index (χ3v) is 6.20. The van der Waals surface area contributed by atoms with Gasteiger partial charge >= 0.3 is 0 Å². The maximum Gasteiger partial charge on any atom is 0.244 e. The van der Waals surface area contributed by atoms with E-state index in [0.717, 1.165) is 24.2 Å². The first-order valence-electron chi connectivity index (χ1n) is 9.02. The highest BCUT2D eigenvalue weighted by Crippen LogP contribution is 2.25. The molecule has 1 aliphatic heterocycles. The van der Waals surface area contributed by atoms with Crippen molar-refractivity contribution in [2.75, 3.05) is 40.0 Å². The minimum atomic E-state index is -3.69. The molecule has 1 saturated heterocycles. The summed E-state index contributed by atoms with van der Waals surface area (Å²) in [5.41, 5.74) is 2.25. The number of rotatable bonds is 7. The van der Waals surface area contributed by atoms with Crippen LogP contribution >= 0.6 is 0 Å². The van der Waals surface area contributed by atoms with Crippen LogP contribution in [0.3, 0.4) is 0 Å². The van der Waals surface area contributed by atoms with Gasteiger partial charge in [-0.25, -0.2) is 13.1 Å². The van der Waals surface area contributed by atoms with Crippen molar-refractivity contribution < 1.29 is 17.9 Å². The fraction of sp³-hybridized carbons (Fsp3) is 0.400. The van der Waals surface area contributed by atoms with E-state index in [2.05, 4.69) is 15.7 Å². The highest BCUT2D eigenvalue weighted by molar-refractivity contribution is 7.89. The van der Waals surface area contributed by atoms with Crippen molar-refractivity contribution in [1.29, 1.82) is 0 Å². The van der Waals surface area contributed by atoms with Crippen molar-refractivity contribution in [2.45, 2.75) is 17.9 Å². The Morgan fingerprint density at radius 3 is 2.59 bits per heavy atom. The summed E-state index contributed by atoms with van der Waals surface area (Å²) < 4.78 is 39.2. The van der Waals surface area contributed by atoms with E-state index in [-0.39, 0.29) is 17.5 Å². The lowest BCUT2D eigenvalue weighted by Gasteiger charge is -2.35. The molecule has 1 aliphatic rings. The molecule has 0 aliphatic carbocycles. The molecule has 0 spiro atoms. The zero-order valence-corrected chi connectivity index (χ0v) is 16.5. The number of morpholine rings is 1. The molecule has 27 heavy (non-hydrogen) atoms. The van der Waals surface area contributed by atoms with E-state index in [1.54, 1.807) is 24.3 Å². The van der Waals surface area contributed by atoms with Crippen LogP contribution in [0.15, 0.2) is 53.4 Å². The molecule has 2 aromatic carbocycles. The van der Waals surface area contributed by atoms with Crippen molar-refractivity contribution in [2.24, 2.45) is 0 Å². The number of nitrogens with zero attached hydrogens (tertiary/aromatic N) is 1. The maximum atomic E-state index is 12.9. The molecule has 2 aromatic rings. The second-order valence-electron chi connectivity index (χ2n) is 6.58. The summed E-state index contributed by atoms with van der Waals surface area (Å²) in [6.07, 6.45) is 0. The molecule has 146 valence electrons. The molecule has 1 atom stereocenters.